The third kappa shape index (κ3) is 4.61. The SMILES string of the molecule is CN(C)c1ccc(/C=C2/SC(=S)N(CCN3CCOCC3)C2=O)cc1. The van der Waals surface area contributed by atoms with Crippen LogP contribution in [-0.4, -0.2) is 73.5 Å². The minimum Gasteiger partial charge on any atom is -0.379 e. The molecule has 0 N–H and O–H groups in total. The lowest BCUT2D eigenvalue weighted by atomic mass is 10.2. The van der Waals surface area contributed by atoms with Gasteiger partial charge in [-0.3, -0.25) is 14.6 Å². The topological polar surface area (TPSA) is 36.0 Å². The van der Waals surface area contributed by atoms with E-state index in [0.29, 0.717) is 15.8 Å². The third-order valence-electron chi connectivity index (χ3n) is 4.32. The van der Waals surface area contributed by atoms with Crippen LogP contribution in [0.1, 0.15) is 5.56 Å². The number of ether oxygens (including phenoxy) is 1. The Kier molecular flexibility index (Phi) is 6.11. The Balaban J connectivity index is 1.63. The lowest BCUT2D eigenvalue weighted by Crippen LogP contribution is -2.42. The van der Waals surface area contributed by atoms with Crippen LogP contribution in [0.15, 0.2) is 29.2 Å². The molecule has 0 spiro atoms. The number of morpholine rings is 1. The number of benzene rings is 1. The number of thioether (sulfide) groups is 1. The molecule has 0 bridgehead atoms. The molecule has 0 aliphatic carbocycles. The van der Waals surface area contributed by atoms with Crippen molar-refractivity contribution < 1.29 is 9.53 Å². The molecule has 1 amide bonds. The zero-order chi connectivity index (χ0) is 17.8. The fourth-order valence-electron chi connectivity index (χ4n) is 2.78. The summed E-state index contributed by atoms with van der Waals surface area (Å²) in [5, 5.41) is 0. The Bertz CT molecular complexity index is 667. The molecule has 2 aliphatic heterocycles. The first kappa shape index (κ1) is 18.4. The third-order valence-corrected chi connectivity index (χ3v) is 5.70. The smallest absolute Gasteiger partial charge is 0.266 e. The predicted octanol–water partition coefficient (Wildman–Crippen LogP) is 2.29. The first-order chi connectivity index (χ1) is 12.0. The van der Waals surface area contributed by atoms with Crippen molar-refractivity contribution in [3.05, 3.63) is 34.7 Å². The second-order valence-corrected chi connectivity index (χ2v) is 7.95. The number of carbonyl (C=O) groups is 1. The number of anilines is 1. The van der Waals surface area contributed by atoms with Gasteiger partial charge in [0.25, 0.3) is 5.91 Å². The number of hydrogen-bond acceptors (Lipinski definition) is 6. The van der Waals surface area contributed by atoms with E-state index in [1.54, 1.807) is 4.90 Å². The average molecular weight is 378 g/mol. The second-order valence-electron chi connectivity index (χ2n) is 6.27. The van der Waals surface area contributed by atoms with Gasteiger partial charge in [-0.15, -0.1) is 0 Å². The summed E-state index contributed by atoms with van der Waals surface area (Å²) in [6, 6.07) is 8.14. The van der Waals surface area contributed by atoms with Crippen LogP contribution >= 0.6 is 24.0 Å². The maximum atomic E-state index is 12.7. The zero-order valence-electron chi connectivity index (χ0n) is 14.6. The number of thiocarbonyl (C=S) groups is 1. The molecule has 5 nitrogen and oxygen atoms in total. The summed E-state index contributed by atoms with van der Waals surface area (Å²) < 4.78 is 6.00. The molecule has 7 heteroatoms. The van der Waals surface area contributed by atoms with E-state index in [4.69, 9.17) is 17.0 Å². The molecule has 0 aromatic heterocycles. The first-order valence-electron chi connectivity index (χ1n) is 8.37. The molecule has 0 atom stereocenters. The molecule has 1 aromatic rings. The van der Waals surface area contributed by atoms with E-state index in [-0.39, 0.29) is 5.91 Å². The summed E-state index contributed by atoms with van der Waals surface area (Å²) in [6.45, 7) is 4.84. The fourth-order valence-corrected chi connectivity index (χ4v) is 4.09. The highest BCUT2D eigenvalue weighted by atomic mass is 32.2. The average Bonchev–Trinajstić information content (AvgIpc) is 2.88. The molecule has 3 rings (SSSR count). The molecule has 1 aromatic carbocycles. The van der Waals surface area contributed by atoms with Crippen LogP contribution in [0.2, 0.25) is 0 Å². The Hall–Kier alpha value is -1.41. The van der Waals surface area contributed by atoms with Crippen molar-refractivity contribution in [1.82, 2.24) is 9.80 Å². The largest absolute Gasteiger partial charge is 0.379 e. The fraction of sp³-hybridized carbons (Fsp3) is 0.444. The number of nitrogens with zero attached hydrogens (tertiary/aromatic N) is 3. The van der Waals surface area contributed by atoms with E-state index in [9.17, 15) is 4.79 Å². The molecule has 2 aliphatic rings. The molecule has 134 valence electrons. The Morgan fingerprint density at radius 1 is 1.20 bits per heavy atom. The molecule has 0 radical (unpaired) electrons. The number of amides is 1. The maximum Gasteiger partial charge on any atom is 0.266 e. The Labute approximate surface area is 158 Å². The Morgan fingerprint density at radius 2 is 1.88 bits per heavy atom. The van der Waals surface area contributed by atoms with Gasteiger partial charge in [0.2, 0.25) is 0 Å². The summed E-state index contributed by atoms with van der Waals surface area (Å²) in [6.07, 6.45) is 1.92. The number of hydrogen-bond donors (Lipinski definition) is 0. The quantitative estimate of drug-likeness (QED) is 0.579. The minimum atomic E-state index is 0.0138. The van der Waals surface area contributed by atoms with Gasteiger partial charge in [-0.2, -0.15) is 0 Å². The Morgan fingerprint density at radius 3 is 2.52 bits per heavy atom. The molecule has 0 saturated carbocycles. The van der Waals surface area contributed by atoms with E-state index in [1.165, 1.54) is 11.8 Å². The van der Waals surface area contributed by atoms with Crippen molar-refractivity contribution in [2.45, 2.75) is 0 Å². The normalized spacial score (nSPS) is 20.6. The van der Waals surface area contributed by atoms with Gasteiger partial charge in [0, 0.05) is 46.0 Å². The standard InChI is InChI=1S/C18H23N3O2S2/c1-19(2)15-5-3-14(4-6-15)13-16-17(22)21(18(24)25-16)8-7-20-9-11-23-12-10-20/h3-6,13H,7-12H2,1-2H3/b16-13+. The van der Waals surface area contributed by atoms with Crippen LogP contribution in [-0.2, 0) is 9.53 Å². The van der Waals surface area contributed by atoms with Crippen molar-refractivity contribution in [2.24, 2.45) is 0 Å². The maximum absolute atomic E-state index is 12.7. The van der Waals surface area contributed by atoms with Gasteiger partial charge in [-0.05, 0) is 23.8 Å². The van der Waals surface area contributed by atoms with E-state index < -0.39 is 0 Å². The summed E-state index contributed by atoms with van der Waals surface area (Å²) >= 11 is 6.80. The monoisotopic (exact) mass is 377 g/mol. The summed E-state index contributed by atoms with van der Waals surface area (Å²) in [4.78, 5) is 19.4. The molecule has 2 saturated heterocycles. The second kappa shape index (κ2) is 8.31. The first-order valence-corrected chi connectivity index (χ1v) is 9.60. The van der Waals surface area contributed by atoms with Crippen LogP contribution in [0.25, 0.3) is 6.08 Å². The van der Waals surface area contributed by atoms with E-state index in [1.807, 2.05) is 44.4 Å². The highest BCUT2D eigenvalue weighted by Gasteiger charge is 2.32. The highest BCUT2D eigenvalue weighted by molar-refractivity contribution is 8.26. The van der Waals surface area contributed by atoms with Gasteiger partial charge in [-0.1, -0.05) is 36.1 Å². The molecule has 2 heterocycles. The van der Waals surface area contributed by atoms with Gasteiger partial charge in [0.1, 0.15) is 4.32 Å². The van der Waals surface area contributed by atoms with E-state index >= 15 is 0 Å². The number of carbonyl (C=O) groups excluding carboxylic acids is 1. The van der Waals surface area contributed by atoms with Crippen LogP contribution in [0.5, 0.6) is 0 Å². The highest BCUT2D eigenvalue weighted by Crippen LogP contribution is 2.32. The molecule has 0 unspecified atom stereocenters. The van der Waals surface area contributed by atoms with E-state index in [0.717, 1.165) is 44.1 Å². The van der Waals surface area contributed by atoms with Gasteiger partial charge in [0.15, 0.2) is 0 Å². The van der Waals surface area contributed by atoms with Gasteiger partial charge < -0.3 is 9.64 Å². The van der Waals surface area contributed by atoms with E-state index in [2.05, 4.69) is 9.80 Å². The molecule has 25 heavy (non-hydrogen) atoms. The molecule has 2 fully saturated rings. The zero-order valence-corrected chi connectivity index (χ0v) is 16.2. The lowest BCUT2D eigenvalue weighted by Gasteiger charge is -2.28. The van der Waals surface area contributed by atoms with Gasteiger partial charge >= 0.3 is 0 Å². The summed E-state index contributed by atoms with van der Waals surface area (Å²) in [7, 11) is 4.02. The van der Waals surface area contributed by atoms with Gasteiger partial charge in [-0.25, -0.2) is 0 Å². The van der Waals surface area contributed by atoms with Crippen molar-refractivity contribution in [3.63, 3.8) is 0 Å². The van der Waals surface area contributed by atoms with Crippen LogP contribution in [0, 0.1) is 0 Å². The van der Waals surface area contributed by atoms with Crippen molar-refractivity contribution >= 4 is 46.0 Å². The van der Waals surface area contributed by atoms with Crippen LogP contribution in [0.3, 0.4) is 0 Å². The number of rotatable bonds is 5. The lowest BCUT2D eigenvalue weighted by molar-refractivity contribution is -0.122. The summed E-state index contributed by atoms with van der Waals surface area (Å²) in [5.41, 5.74) is 2.15. The summed E-state index contributed by atoms with van der Waals surface area (Å²) in [5.74, 6) is 0.0138. The minimum absolute atomic E-state index is 0.0138. The molecular formula is C18H23N3O2S2. The van der Waals surface area contributed by atoms with Crippen molar-refractivity contribution in [2.75, 3.05) is 58.4 Å². The van der Waals surface area contributed by atoms with Crippen molar-refractivity contribution in [3.8, 4) is 0 Å². The van der Waals surface area contributed by atoms with Crippen molar-refractivity contribution in [1.29, 1.82) is 0 Å². The van der Waals surface area contributed by atoms with Crippen LogP contribution in [0.4, 0.5) is 5.69 Å². The molecular weight excluding hydrogens is 354 g/mol. The predicted molar refractivity (Wildman–Crippen MR) is 108 cm³/mol. The van der Waals surface area contributed by atoms with Gasteiger partial charge in [0.05, 0.1) is 18.1 Å². The van der Waals surface area contributed by atoms with Crippen LogP contribution < -0.4 is 4.90 Å².